The number of phenolic OH excluding ortho intramolecular Hbond substituents is 6. The summed E-state index contributed by atoms with van der Waals surface area (Å²) >= 11 is 13.8. The van der Waals surface area contributed by atoms with Gasteiger partial charge >= 0.3 is 0 Å². The Hall–Kier alpha value is -10.5. The van der Waals surface area contributed by atoms with Gasteiger partial charge in [0, 0.05) is 36.2 Å². The zero-order valence-electron chi connectivity index (χ0n) is 50.7. The van der Waals surface area contributed by atoms with Gasteiger partial charge in [0.1, 0.15) is 88.6 Å². The summed E-state index contributed by atoms with van der Waals surface area (Å²) in [5.41, 5.74) is 5.12. The Kier molecular flexibility index (Phi) is 19.2. The highest BCUT2D eigenvalue weighted by Gasteiger charge is 2.41. The molecule has 0 aromatic heterocycles. The van der Waals surface area contributed by atoms with Gasteiger partial charge in [-0.15, -0.1) is 0 Å². The van der Waals surface area contributed by atoms with Crippen molar-refractivity contribution in [2.24, 2.45) is 5.73 Å². The number of hydrogen-bond donors (Lipinski definition) is 15. The molecule has 6 aliphatic heterocycles. The molecule has 0 radical (unpaired) electrons. The summed E-state index contributed by atoms with van der Waals surface area (Å²) in [4.78, 5) is 108. The number of benzene rings is 7. The molecule has 7 amide bonds. The number of aliphatic hydroxyl groups is 1. The molecular formula is C67H65Cl2N9O17. The molecule has 95 heavy (non-hydrogen) atoms. The van der Waals surface area contributed by atoms with Crippen LogP contribution in [0.15, 0.2) is 115 Å². The van der Waals surface area contributed by atoms with Crippen LogP contribution in [0, 0.1) is 0 Å². The number of nitrogens with one attached hydrogen (secondary N) is 7. The van der Waals surface area contributed by atoms with E-state index >= 15 is 19.2 Å². The van der Waals surface area contributed by atoms with Crippen molar-refractivity contribution in [2.45, 2.75) is 86.9 Å². The van der Waals surface area contributed by atoms with Crippen molar-refractivity contribution in [1.29, 1.82) is 0 Å². The second kappa shape index (κ2) is 27.6. The minimum atomic E-state index is -2.15. The maximum Gasteiger partial charge on any atom is 0.248 e. The van der Waals surface area contributed by atoms with Crippen LogP contribution in [0.2, 0.25) is 10.0 Å². The number of aliphatic hydroxyl groups excluding tert-OH is 1. The number of carbonyl (C=O) groups is 7. The summed E-state index contributed by atoms with van der Waals surface area (Å²) in [5, 5.41) is 99.5. The lowest BCUT2D eigenvalue weighted by Gasteiger charge is -2.31. The predicted molar refractivity (Wildman–Crippen MR) is 342 cm³/mol. The Morgan fingerprint density at radius 3 is 1.82 bits per heavy atom. The molecule has 6 heterocycles. The van der Waals surface area contributed by atoms with Crippen molar-refractivity contribution in [1.82, 2.24) is 42.1 Å². The first-order valence-corrected chi connectivity index (χ1v) is 30.9. The number of nitrogens with two attached hydrogens (primary N) is 1. The smallest absolute Gasteiger partial charge is 0.248 e. The summed E-state index contributed by atoms with van der Waals surface area (Å²) < 4.78 is 18.6. The molecule has 7 aromatic rings. The highest BCUT2D eigenvalue weighted by atomic mass is 35.5. The van der Waals surface area contributed by atoms with Gasteiger partial charge in [0.2, 0.25) is 47.1 Å². The Bertz CT molecular complexity index is 4250. The van der Waals surface area contributed by atoms with Crippen LogP contribution >= 0.6 is 23.2 Å². The summed E-state index contributed by atoms with van der Waals surface area (Å²) in [6.07, 6.45) is 1.58. The largest absolute Gasteiger partial charge is 0.508 e. The minimum Gasteiger partial charge on any atom is -0.508 e. The van der Waals surface area contributed by atoms with E-state index in [4.69, 9.17) is 43.1 Å². The molecule has 7 aromatic carbocycles. The molecule has 6 aliphatic rings. The third-order valence-corrected chi connectivity index (χ3v) is 17.1. The van der Waals surface area contributed by atoms with Crippen LogP contribution in [-0.2, 0) is 40.0 Å². The molecule has 0 saturated carbocycles. The van der Waals surface area contributed by atoms with Gasteiger partial charge in [-0.3, -0.25) is 33.6 Å². The molecule has 0 unspecified atom stereocenters. The van der Waals surface area contributed by atoms with Crippen molar-refractivity contribution in [3.63, 3.8) is 0 Å². The first-order valence-electron chi connectivity index (χ1n) is 30.1. The van der Waals surface area contributed by atoms with Gasteiger partial charge in [-0.25, -0.2) is 0 Å². The van der Waals surface area contributed by atoms with E-state index in [1.165, 1.54) is 72.8 Å². The van der Waals surface area contributed by atoms with Gasteiger partial charge in [0.25, 0.3) is 0 Å². The zero-order chi connectivity index (χ0) is 67.7. The maximum absolute atomic E-state index is 15.9. The lowest BCUT2D eigenvalue weighted by atomic mass is 9.89. The summed E-state index contributed by atoms with van der Waals surface area (Å²) in [7, 11) is 3.96. The molecular weight excluding hydrogens is 1270 g/mol. The number of carbonyl (C=O) groups excluding carboxylic acids is 7. The molecule has 26 nitrogen and oxygen atoms in total. The molecule has 8 atom stereocenters. The average molecular weight is 1340 g/mol. The number of ether oxygens (including phenoxy) is 3. The lowest BCUT2D eigenvalue weighted by molar-refractivity contribution is -0.137. The van der Waals surface area contributed by atoms with E-state index in [-0.39, 0.29) is 90.5 Å². The Morgan fingerprint density at radius 2 is 1.13 bits per heavy atom. The van der Waals surface area contributed by atoms with E-state index in [0.29, 0.717) is 12.0 Å². The predicted octanol–water partition coefficient (Wildman–Crippen LogP) is 6.53. The number of amides is 7. The summed E-state index contributed by atoms with van der Waals surface area (Å²) in [6, 6.07) is 9.56. The van der Waals surface area contributed by atoms with Crippen LogP contribution in [-0.4, -0.2) is 121 Å². The van der Waals surface area contributed by atoms with Crippen LogP contribution in [0.3, 0.4) is 0 Å². The first kappa shape index (κ1) is 66.0. The number of phenols is 6. The molecule has 0 saturated heterocycles. The number of halogens is 2. The fourth-order valence-corrected chi connectivity index (χ4v) is 12.1. The number of nitrogens with zero attached hydrogens (tertiary/aromatic N) is 1. The van der Waals surface area contributed by atoms with Crippen LogP contribution in [0.1, 0.15) is 107 Å². The maximum atomic E-state index is 15.9. The van der Waals surface area contributed by atoms with E-state index in [2.05, 4.69) is 42.1 Å². The van der Waals surface area contributed by atoms with Crippen LogP contribution in [0.4, 0.5) is 0 Å². The Balaban J connectivity index is 1.08. The molecule has 494 valence electrons. The number of aromatic hydroxyl groups is 6. The Morgan fingerprint density at radius 1 is 0.537 bits per heavy atom. The SMILES string of the molecule is CN(C)CCCCCCCNC(=O)[C@H]1NC(=O)[C@H]2NC(=O)[C@H](NC(=O)[C@@H]3NC(=O)[C@H]4NC(=O)[C@@H](Cc5ccc(c(Cl)c5)Oc5cc3cc(c5O)Oc3ccc(cc3Cl)[C@H]2O)NC(=O)[C@H](N)c2ccc(O)c(c2)Oc2cc(O)cc4c2)c2ccc(O)c(c2)-c2c(O)cc(O)cc21. The van der Waals surface area contributed by atoms with Crippen LogP contribution in [0.25, 0.3) is 11.1 Å². The number of rotatable bonds is 9. The van der Waals surface area contributed by atoms with Gasteiger partial charge in [-0.05, 0) is 151 Å². The quantitative estimate of drug-likeness (QED) is 0.0683. The van der Waals surface area contributed by atoms with Gasteiger partial charge in [0.15, 0.2) is 23.0 Å². The van der Waals surface area contributed by atoms with Crippen LogP contribution < -0.4 is 57.2 Å². The van der Waals surface area contributed by atoms with E-state index in [0.717, 1.165) is 74.7 Å². The second-order valence-electron chi connectivity index (χ2n) is 23.6. The molecule has 0 fully saturated rings. The number of fused-ring (bicyclic) bond motifs is 14. The molecule has 17 bridgehead atoms. The Labute approximate surface area is 551 Å². The van der Waals surface area contributed by atoms with E-state index in [9.17, 15) is 50.1 Å². The van der Waals surface area contributed by atoms with Gasteiger partial charge in [-0.1, -0.05) is 66.7 Å². The minimum absolute atomic E-state index is 0.106. The standard InChI is InChI=1S/C67H65Cl2N9O17/c1-78(2)17-7-5-3-4-6-16-71-63(88)57-40-28-37(80)29-46(83)52(40)39-22-32(10-12-44(39)81)54-64(89)77-58(67(92)76-57)59(84)33-11-15-48(42(69)23-33)95-51-26-35-25-50(60(51)85)94-47-14-8-30(18-41(47)68)19-43-61(86)73-55(65(90)75-56(35)66(91)74-54)34-20-36(79)27-38(21-34)93-49-24-31(9-13-45(49)82)53(70)62(87)72-43/h8-15,18,20-29,43,53-59,79-85H,3-7,16-17,19,70H2,1-2H3,(H,71,88)(H,72,87)(H,73,86)(H,74,91)(H,75,90)(H,76,92)(H,77,89)/t43-,53-,54-,55+,56-,57+,58+,59-/m1/s1. The molecule has 0 spiro atoms. The third kappa shape index (κ3) is 14.4. The molecule has 0 aliphatic carbocycles. The zero-order valence-corrected chi connectivity index (χ0v) is 52.3. The molecule has 16 N–H and O–H groups in total. The van der Waals surface area contributed by atoms with Crippen molar-refractivity contribution < 1.29 is 83.5 Å². The summed E-state index contributed by atoms with van der Waals surface area (Å²) in [6.45, 7) is 1.01. The third-order valence-electron chi connectivity index (χ3n) is 16.5. The lowest BCUT2D eigenvalue weighted by Crippen LogP contribution is -2.56. The number of unbranched alkanes of at least 4 members (excludes halogenated alkanes) is 4. The summed E-state index contributed by atoms with van der Waals surface area (Å²) in [5.74, 6) is -13.3. The monoisotopic (exact) mass is 1340 g/mol. The second-order valence-corrected chi connectivity index (χ2v) is 24.4. The van der Waals surface area contributed by atoms with Crippen molar-refractivity contribution in [2.75, 3.05) is 27.2 Å². The fraction of sp³-hybridized carbons (Fsp3) is 0.269. The average Bonchev–Trinajstić information content (AvgIpc) is 0.788. The van der Waals surface area contributed by atoms with Crippen molar-refractivity contribution >= 4 is 64.6 Å². The van der Waals surface area contributed by atoms with Gasteiger partial charge < -0.3 is 97.8 Å². The first-order chi connectivity index (χ1) is 45.4. The van der Waals surface area contributed by atoms with Crippen molar-refractivity contribution in [3.05, 3.63) is 164 Å². The highest BCUT2D eigenvalue weighted by molar-refractivity contribution is 6.32. The van der Waals surface area contributed by atoms with Gasteiger partial charge in [0.05, 0.1) is 10.0 Å². The van der Waals surface area contributed by atoms with E-state index in [1.54, 1.807) is 0 Å². The van der Waals surface area contributed by atoms with Gasteiger partial charge in [-0.2, -0.15) is 0 Å². The normalized spacial score (nSPS) is 21.0. The topological polar surface area (TPSA) is 402 Å². The fourth-order valence-electron chi connectivity index (χ4n) is 11.6. The number of hydrogen-bond acceptors (Lipinski definition) is 19. The molecule has 28 heteroatoms. The van der Waals surface area contributed by atoms with Crippen LogP contribution in [0.5, 0.6) is 69.0 Å². The van der Waals surface area contributed by atoms with E-state index in [1.807, 2.05) is 14.1 Å². The van der Waals surface area contributed by atoms with Crippen molar-refractivity contribution in [3.8, 4) is 80.1 Å². The molecule has 13 rings (SSSR count). The van der Waals surface area contributed by atoms with E-state index < -0.39 is 136 Å². The highest BCUT2D eigenvalue weighted by Crippen LogP contribution is 2.48.